The first-order valence-corrected chi connectivity index (χ1v) is 10.1. The smallest absolute Gasteiger partial charge is 0.263 e. The summed E-state index contributed by atoms with van der Waals surface area (Å²) >= 11 is 0. The van der Waals surface area contributed by atoms with Gasteiger partial charge in [-0.25, -0.2) is 0 Å². The molecule has 2 aliphatic heterocycles. The Balaban J connectivity index is 1.67. The van der Waals surface area contributed by atoms with E-state index >= 15 is 0 Å². The number of rotatable bonds is 4. The minimum Gasteiger partial charge on any atom is -0.383 e. The van der Waals surface area contributed by atoms with Gasteiger partial charge >= 0.3 is 0 Å². The van der Waals surface area contributed by atoms with Crippen LogP contribution in [-0.2, 0) is 17.8 Å². The van der Waals surface area contributed by atoms with Crippen molar-refractivity contribution in [3.05, 3.63) is 67.5 Å². The van der Waals surface area contributed by atoms with E-state index in [0.717, 1.165) is 17.8 Å². The largest absolute Gasteiger partial charge is 0.383 e. The van der Waals surface area contributed by atoms with Crippen LogP contribution in [0.4, 0.5) is 0 Å². The maximum atomic E-state index is 13.4. The quantitative estimate of drug-likeness (QED) is 0.784. The van der Waals surface area contributed by atoms with Gasteiger partial charge in [0.15, 0.2) is 0 Å². The highest BCUT2D eigenvalue weighted by Crippen LogP contribution is 2.35. The van der Waals surface area contributed by atoms with E-state index in [0.29, 0.717) is 38.3 Å². The van der Waals surface area contributed by atoms with Crippen LogP contribution in [0.25, 0.3) is 0 Å². The summed E-state index contributed by atoms with van der Waals surface area (Å²) < 4.78 is 8.57. The highest BCUT2D eigenvalue weighted by Gasteiger charge is 2.37. The molecule has 0 radical (unpaired) electrons. The van der Waals surface area contributed by atoms with Gasteiger partial charge in [-0.05, 0) is 43.9 Å². The van der Waals surface area contributed by atoms with Crippen LogP contribution in [-0.4, -0.2) is 46.7 Å². The summed E-state index contributed by atoms with van der Waals surface area (Å²) in [5.74, 6) is 0.147. The third-order valence-corrected chi connectivity index (χ3v) is 6.20. The molecule has 4 heterocycles. The second-order valence-corrected chi connectivity index (χ2v) is 8.20. The minimum atomic E-state index is -0.253. The van der Waals surface area contributed by atoms with Crippen molar-refractivity contribution >= 4 is 5.91 Å². The first kappa shape index (κ1) is 19.6. The minimum absolute atomic E-state index is 0.0207. The third-order valence-electron chi connectivity index (χ3n) is 6.20. The predicted molar refractivity (Wildman–Crippen MR) is 110 cm³/mol. The summed E-state index contributed by atoms with van der Waals surface area (Å²) in [4.78, 5) is 40.5. The number of nitrogens with zero attached hydrogens (tertiary/aromatic N) is 3. The number of pyridine rings is 2. The first-order chi connectivity index (χ1) is 13.9. The molecule has 2 aromatic rings. The molecule has 2 aliphatic rings. The van der Waals surface area contributed by atoms with E-state index < -0.39 is 0 Å². The number of carbonyl (C=O) groups is 1. The van der Waals surface area contributed by atoms with Crippen molar-refractivity contribution in [1.29, 1.82) is 0 Å². The number of likely N-dealkylation sites (tertiary alicyclic amines) is 1. The van der Waals surface area contributed by atoms with E-state index in [-0.39, 0.29) is 34.4 Å². The van der Waals surface area contributed by atoms with Crippen LogP contribution < -0.4 is 11.1 Å². The van der Waals surface area contributed by atoms with Gasteiger partial charge in [-0.15, -0.1) is 0 Å². The number of hydrogen-bond acceptors (Lipinski definition) is 4. The molecule has 2 aromatic heterocycles. The topological polar surface area (TPSA) is 73.5 Å². The molecule has 2 atom stereocenters. The summed E-state index contributed by atoms with van der Waals surface area (Å²) in [7, 11) is 1.59. The zero-order valence-corrected chi connectivity index (χ0v) is 17.2. The number of fused-ring (bicyclic) bond motifs is 4. The second-order valence-electron chi connectivity index (χ2n) is 8.20. The SMILES string of the molecule is COCCn1c(C)cc(C)c(C(=O)N2C[C@@H]3C[C@H](C2)c2cccc(=O)n2C3)c1=O. The molecule has 1 amide bonds. The van der Waals surface area contributed by atoms with Crippen LogP contribution >= 0.6 is 0 Å². The number of piperidine rings is 1. The molecular weight excluding hydrogens is 370 g/mol. The zero-order chi connectivity index (χ0) is 20.7. The van der Waals surface area contributed by atoms with Gasteiger partial charge in [-0.3, -0.25) is 14.4 Å². The molecule has 1 fully saturated rings. The molecule has 0 aromatic carbocycles. The van der Waals surface area contributed by atoms with Crippen LogP contribution in [0.5, 0.6) is 0 Å². The number of amides is 1. The van der Waals surface area contributed by atoms with Gasteiger partial charge in [-0.2, -0.15) is 0 Å². The van der Waals surface area contributed by atoms with Gasteiger partial charge < -0.3 is 18.8 Å². The Bertz CT molecular complexity index is 1070. The second kappa shape index (κ2) is 7.63. The maximum Gasteiger partial charge on any atom is 0.263 e. The van der Waals surface area contributed by atoms with Crippen LogP contribution in [0, 0.1) is 19.8 Å². The summed E-state index contributed by atoms with van der Waals surface area (Å²) in [6.45, 7) is 6.26. The van der Waals surface area contributed by atoms with Crippen molar-refractivity contribution in [1.82, 2.24) is 14.0 Å². The Labute approximate surface area is 169 Å². The standard InChI is InChI=1S/C22H27N3O4/c1-14-9-15(2)24(7-8-29-3)22(28)20(14)21(27)23-11-16-10-17(13-23)18-5-4-6-19(26)25(18)12-16/h4-6,9,16-17H,7-8,10-13H2,1-3H3/t16-,17+/m0/s1. The third kappa shape index (κ3) is 3.44. The molecule has 0 N–H and O–H groups in total. The molecule has 0 aliphatic carbocycles. The van der Waals surface area contributed by atoms with Crippen molar-refractivity contribution in [2.75, 3.05) is 26.8 Å². The van der Waals surface area contributed by atoms with E-state index in [2.05, 4.69) is 0 Å². The summed E-state index contributed by atoms with van der Waals surface area (Å²) in [5.41, 5.74) is 2.54. The number of aromatic nitrogens is 2. The zero-order valence-electron chi connectivity index (χ0n) is 17.2. The average molecular weight is 397 g/mol. The van der Waals surface area contributed by atoms with E-state index in [1.54, 1.807) is 28.7 Å². The monoisotopic (exact) mass is 397 g/mol. The lowest BCUT2D eigenvalue weighted by atomic mass is 9.83. The van der Waals surface area contributed by atoms with Crippen LogP contribution in [0.3, 0.4) is 0 Å². The van der Waals surface area contributed by atoms with Crippen molar-refractivity contribution in [2.45, 2.75) is 39.3 Å². The van der Waals surface area contributed by atoms with E-state index in [4.69, 9.17) is 4.74 Å². The Morgan fingerprint density at radius 3 is 2.72 bits per heavy atom. The van der Waals surface area contributed by atoms with E-state index in [1.807, 2.05) is 30.5 Å². The maximum absolute atomic E-state index is 13.4. The molecule has 4 rings (SSSR count). The predicted octanol–water partition coefficient (Wildman–Crippen LogP) is 1.53. The van der Waals surface area contributed by atoms with Gasteiger partial charge in [0.25, 0.3) is 17.0 Å². The lowest BCUT2D eigenvalue weighted by Gasteiger charge is -2.42. The number of carbonyl (C=O) groups excluding carboxylic acids is 1. The summed E-state index contributed by atoms with van der Waals surface area (Å²) in [5, 5.41) is 0. The van der Waals surface area contributed by atoms with Crippen molar-refractivity contribution < 1.29 is 9.53 Å². The molecule has 0 spiro atoms. The fourth-order valence-corrected chi connectivity index (χ4v) is 4.87. The van der Waals surface area contributed by atoms with Crippen LogP contribution in [0.15, 0.2) is 33.9 Å². The number of methoxy groups -OCH3 is 1. The Morgan fingerprint density at radius 1 is 1.17 bits per heavy atom. The lowest BCUT2D eigenvalue weighted by Crippen LogP contribution is -2.50. The molecule has 2 bridgehead atoms. The van der Waals surface area contributed by atoms with Gasteiger partial charge in [0.1, 0.15) is 5.56 Å². The van der Waals surface area contributed by atoms with Gasteiger partial charge in [0.05, 0.1) is 6.61 Å². The Kier molecular flexibility index (Phi) is 5.17. The number of aryl methyl sites for hydroxylation is 2. The fraction of sp³-hybridized carbons (Fsp3) is 0.500. The Hall–Kier alpha value is -2.67. The Morgan fingerprint density at radius 2 is 1.97 bits per heavy atom. The van der Waals surface area contributed by atoms with Gasteiger partial charge in [-0.1, -0.05) is 6.07 Å². The highest BCUT2D eigenvalue weighted by atomic mass is 16.5. The van der Waals surface area contributed by atoms with Gasteiger partial charge in [0.2, 0.25) is 0 Å². The molecule has 154 valence electrons. The van der Waals surface area contributed by atoms with Crippen LogP contribution in [0.2, 0.25) is 0 Å². The summed E-state index contributed by atoms with van der Waals surface area (Å²) in [6.07, 6.45) is 0.970. The lowest BCUT2D eigenvalue weighted by molar-refractivity contribution is 0.0591. The summed E-state index contributed by atoms with van der Waals surface area (Å²) in [6, 6.07) is 7.24. The molecule has 1 saturated heterocycles. The molecule has 7 nitrogen and oxygen atoms in total. The van der Waals surface area contributed by atoms with Crippen molar-refractivity contribution in [3.63, 3.8) is 0 Å². The molecule has 0 unspecified atom stereocenters. The van der Waals surface area contributed by atoms with Crippen molar-refractivity contribution in [2.24, 2.45) is 5.92 Å². The average Bonchev–Trinajstić information content (AvgIpc) is 2.68. The highest BCUT2D eigenvalue weighted by molar-refractivity contribution is 5.95. The molecule has 0 saturated carbocycles. The van der Waals surface area contributed by atoms with Crippen molar-refractivity contribution in [3.8, 4) is 0 Å². The van der Waals surface area contributed by atoms with Gasteiger partial charge in [0, 0.05) is 56.7 Å². The normalized spacial score (nSPS) is 20.4. The number of ether oxygens (including phenoxy) is 1. The number of hydrogen-bond donors (Lipinski definition) is 0. The van der Waals surface area contributed by atoms with Crippen LogP contribution in [0.1, 0.15) is 39.6 Å². The van der Waals surface area contributed by atoms with E-state index in [9.17, 15) is 14.4 Å². The molecular formula is C22H27N3O4. The molecule has 29 heavy (non-hydrogen) atoms. The van der Waals surface area contributed by atoms with E-state index in [1.165, 1.54) is 0 Å². The molecule has 7 heteroatoms. The fourth-order valence-electron chi connectivity index (χ4n) is 4.87. The first-order valence-electron chi connectivity index (χ1n) is 10.1.